The van der Waals surface area contributed by atoms with E-state index in [-0.39, 0.29) is 15.0 Å². The molecule has 17 heavy (non-hydrogen) atoms. The molecule has 0 aliphatic heterocycles. The van der Waals surface area contributed by atoms with Gasteiger partial charge in [0, 0.05) is 0 Å². The second-order valence-electron chi connectivity index (χ2n) is 3.51. The Morgan fingerprint density at radius 3 is 2.71 bits per heavy atom. The zero-order chi connectivity index (χ0) is 11.7. The van der Waals surface area contributed by atoms with Crippen LogP contribution < -0.4 is 8.37 Å². The molecule has 0 bridgehead atoms. The average Bonchev–Trinajstić information content (AvgIpc) is 2.71. The van der Waals surface area contributed by atoms with E-state index in [2.05, 4.69) is 29.2 Å². The van der Waals surface area contributed by atoms with Gasteiger partial charge in [-0.25, -0.2) is 0 Å². The fourth-order valence-electron chi connectivity index (χ4n) is 1.51. The fraction of sp³-hybridized carbons (Fsp3) is 0. The van der Waals surface area contributed by atoms with Gasteiger partial charge in [0.25, 0.3) is 0 Å². The van der Waals surface area contributed by atoms with Crippen LogP contribution in [0, 0.1) is 0 Å². The van der Waals surface area contributed by atoms with Crippen LogP contribution in [0.5, 0.6) is 0 Å². The van der Waals surface area contributed by atoms with Crippen molar-refractivity contribution >= 4 is 56.5 Å². The summed E-state index contributed by atoms with van der Waals surface area (Å²) in [6, 6.07) is 16.4. The minimum atomic E-state index is 0.289. The van der Waals surface area contributed by atoms with Gasteiger partial charge in [-0.3, -0.25) is 0 Å². The third kappa shape index (κ3) is 2.53. The van der Waals surface area contributed by atoms with E-state index in [0.717, 1.165) is 10.5 Å². The van der Waals surface area contributed by atoms with Crippen LogP contribution in [0.15, 0.2) is 48.5 Å². The van der Waals surface area contributed by atoms with Crippen LogP contribution in [0.2, 0.25) is 5.02 Å². The molecule has 3 rings (SSSR count). The Morgan fingerprint density at radius 1 is 1.06 bits per heavy atom. The summed E-state index contributed by atoms with van der Waals surface area (Å²) in [5.41, 5.74) is 1.01. The summed E-state index contributed by atoms with van der Waals surface area (Å²) in [6.07, 6.45) is 0. The van der Waals surface area contributed by atoms with Crippen molar-refractivity contribution in [3.8, 4) is 0 Å². The van der Waals surface area contributed by atoms with Gasteiger partial charge in [-0.15, -0.1) is 0 Å². The summed E-state index contributed by atoms with van der Waals surface area (Å²) in [4.78, 5) is 4.63. The van der Waals surface area contributed by atoms with Crippen LogP contribution in [-0.4, -0.2) is 19.9 Å². The zero-order valence-corrected chi connectivity index (χ0v) is 12.0. The van der Waals surface area contributed by atoms with E-state index >= 15 is 0 Å². The van der Waals surface area contributed by atoms with Crippen molar-refractivity contribution in [3.05, 3.63) is 53.6 Å². The second kappa shape index (κ2) is 4.79. The standard InChI is InChI=1S/C13H8ClNSSe/c14-9-6-7-12-11(8-9)15-13(16-12)17-10-4-2-1-3-5-10/h1-8H. The van der Waals surface area contributed by atoms with E-state index in [9.17, 15) is 0 Å². The molecule has 0 N–H and O–H groups in total. The number of rotatable bonds is 2. The number of aromatic nitrogens is 1. The molecular formula is C13H8ClNSSe. The fourth-order valence-corrected chi connectivity index (χ4v) is 5.07. The Morgan fingerprint density at radius 2 is 1.88 bits per heavy atom. The number of halogens is 1. The maximum absolute atomic E-state index is 5.96. The zero-order valence-electron chi connectivity index (χ0n) is 8.76. The van der Waals surface area contributed by atoms with Crippen molar-refractivity contribution in [3.63, 3.8) is 0 Å². The second-order valence-corrected chi connectivity index (χ2v) is 7.79. The van der Waals surface area contributed by atoms with Crippen molar-refractivity contribution in [1.29, 1.82) is 0 Å². The Balaban J connectivity index is 1.96. The molecule has 2 aromatic carbocycles. The van der Waals surface area contributed by atoms with E-state index < -0.39 is 0 Å². The first-order valence-electron chi connectivity index (χ1n) is 5.10. The maximum atomic E-state index is 5.96. The van der Waals surface area contributed by atoms with E-state index in [0.29, 0.717) is 0 Å². The number of hydrogen-bond acceptors (Lipinski definition) is 2. The number of fused-ring (bicyclic) bond motifs is 1. The van der Waals surface area contributed by atoms with Gasteiger partial charge in [0.15, 0.2) is 0 Å². The normalized spacial score (nSPS) is 10.9. The van der Waals surface area contributed by atoms with Crippen LogP contribution in [0.4, 0.5) is 0 Å². The van der Waals surface area contributed by atoms with Gasteiger partial charge in [0.2, 0.25) is 0 Å². The van der Waals surface area contributed by atoms with Crippen molar-refractivity contribution in [2.24, 2.45) is 0 Å². The molecule has 4 heteroatoms. The molecule has 0 amide bonds. The van der Waals surface area contributed by atoms with E-state index in [1.165, 1.54) is 13.1 Å². The first-order chi connectivity index (χ1) is 8.31. The molecule has 0 aliphatic rings. The van der Waals surface area contributed by atoms with E-state index in [1.807, 2.05) is 24.3 Å². The van der Waals surface area contributed by atoms with Gasteiger partial charge >= 0.3 is 115 Å². The van der Waals surface area contributed by atoms with Crippen LogP contribution in [0.3, 0.4) is 0 Å². The number of hydrogen-bond donors (Lipinski definition) is 0. The third-order valence-electron chi connectivity index (χ3n) is 2.28. The number of benzene rings is 2. The molecule has 0 unspecified atom stereocenters. The molecule has 0 spiro atoms. The van der Waals surface area contributed by atoms with E-state index in [1.54, 1.807) is 11.3 Å². The molecular weight excluding hydrogens is 317 g/mol. The Bertz CT molecular complexity index is 651. The SMILES string of the molecule is Clc1ccc2sc([Se]c3ccccc3)nc2c1. The quantitative estimate of drug-likeness (QED) is 0.660. The predicted molar refractivity (Wildman–Crippen MR) is 76.1 cm³/mol. The van der Waals surface area contributed by atoms with Crippen LogP contribution in [0.25, 0.3) is 10.2 Å². The summed E-state index contributed by atoms with van der Waals surface area (Å²) in [7, 11) is 0. The van der Waals surface area contributed by atoms with Crippen molar-refractivity contribution in [1.82, 2.24) is 4.98 Å². The number of nitrogens with zero attached hydrogens (tertiary/aromatic N) is 1. The van der Waals surface area contributed by atoms with Crippen molar-refractivity contribution < 1.29 is 0 Å². The Hall–Kier alpha value is -0.861. The monoisotopic (exact) mass is 325 g/mol. The molecule has 0 atom stereocenters. The molecule has 0 fully saturated rings. The molecule has 1 heterocycles. The van der Waals surface area contributed by atoms with Gasteiger partial charge in [0.05, 0.1) is 0 Å². The van der Waals surface area contributed by atoms with Gasteiger partial charge in [-0.05, 0) is 0 Å². The van der Waals surface area contributed by atoms with Gasteiger partial charge < -0.3 is 0 Å². The Labute approximate surface area is 115 Å². The van der Waals surface area contributed by atoms with Crippen LogP contribution in [0.1, 0.15) is 0 Å². The third-order valence-corrected chi connectivity index (χ3v) is 5.93. The Kier molecular flexibility index (Phi) is 3.17. The van der Waals surface area contributed by atoms with Gasteiger partial charge in [0.1, 0.15) is 0 Å². The molecule has 0 radical (unpaired) electrons. The molecule has 0 saturated heterocycles. The average molecular weight is 325 g/mol. The molecule has 0 saturated carbocycles. The topological polar surface area (TPSA) is 12.9 Å². The summed E-state index contributed by atoms with van der Waals surface area (Å²) in [5, 5.41) is 0.751. The summed E-state index contributed by atoms with van der Waals surface area (Å²) in [6.45, 7) is 0. The molecule has 0 aliphatic carbocycles. The van der Waals surface area contributed by atoms with E-state index in [4.69, 9.17) is 11.6 Å². The minimum absolute atomic E-state index is 0.289. The predicted octanol–water partition coefficient (Wildman–Crippen LogP) is 2.60. The first kappa shape index (κ1) is 11.2. The van der Waals surface area contributed by atoms with Gasteiger partial charge in [-0.1, -0.05) is 0 Å². The summed E-state index contributed by atoms with van der Waals surface area (Å²) >= 11 is 8.01. The van der Waals surface area contributed by atoms with Crippen LogP contribution in [-0.2, 0) is 0 Å². The van der Waals surface area contributed by atoms with Gasteiger partial charge in [-0.2, -0.15) is 0 Å². The first-order valence-corrected chi connectivity index (χ1v) is 8.01. The van der Waals surface area contributed by atoms with Crippen molar-refractivity contribution in [2.75, 3.05) is 0 Å². The summed E-state index contributed by atoms with van der Waals surface area (Å²) in [5.74, 6) is 0. The molecule has 1 nitrogen and oxygen atoms in total. The molecule has 84 valence electrons. The summed E-state index contributed by atoms with van der Waals surface area (Å²) < 4.78 is 3.76. The van der Waals surface area contributed by atoms with Crippen molar-refractivity contribution in [2.45, 2.75) is 0 Å². The molecule has 1 aromatic heterocycles. The molecule has 3 aromatic rings. The number of thiazole rings is 1. The van der Waals surface area contributed by atoms with Crippen LogP contribution >= 0.6 is 22.9 Å².